The van der Waals surface area contributed by atoms with Crippen LogP contribution in [0.3, 0.4) is 0 Å². The number of piperidine rings is 1. The molecule has 2 saturated heterocycles. The molecule has 2 aliphatic rings. The van der Waals surface area contributed by atoms with Crippen molar-refractivity contribution in [3.63, 3.8) is 0 Å². The number of likely N-dealkylation sites (tertiary alicyclic amines) is 2. The third-order valence-electron chi connectivity index (χ3n) is 19.6. The van der Waals surface area contributed by atoms with E-state index in [2.05, 4.69) is 21.3 Å². The number of carboxylic acids is 1. The second kappa shape index (κ2) is 39.2. The number of ketones is 3. The lowest BCUT2D eigenvalue weighted by molar-refractivity contribution is -0.149. The molecular formula is C72H113N9O14. The van der Waals surface area contributed by atoms with Crippen molar-refractivity contribution in [1.29, 1.82) is 0 Å². The highest BCUT2D eigenvalue weighted by Crippen LogP contribution is 2.33. The predicted octanol–water partition coefficient (Wildman–Crippen LogP) is 7.31. The van der Waals surface area contributed by atoms with Crippen molar-refractivity contribution >= 4 is 70.5 Å². The Morgan fingerprint density at radius 3 is 1.92 bits per heavy atom. The van der Waals surface area contributed by atoms with Gasteiger partial charge in [-0.15, -0.1) is 0 Å². The zero-order valence-electron chi connectivity index (χ0n) is 59.3. The van der Waals surface area contributed by atoms with E-state index in [0.29, 0.717) is 49.9 Å². The Bertz CT molecular complexity index is 2860. The number of methoxy groups -OCH3 is 2. The van der Waals surface area contributed by atoms with Crippen LogP contribution in [-0.4, -0.2) is 187 Å². The van der Waals surface area contributed by atoms with E-state index < -0.39 is 89.5 Å². The Labute approximate surface area is 564 Å². The molecule has 0 saturated carbocycles. The number of nitrogens with two attached hydrogens (primary N) is 1. The summed E-state index contributed by atoms with van der Waals surface area (Å²) in [6.45, 7) is 20.3. The molecule has 0 bridgehead atoms. The molecule has 2 unspecified atom stereocenters. The number of carbonyl (C=O) groups excluding carboxylic acids is 10. The minimum Gasteiger partial charge on any atom is -0.481 e. The molecule has 23 heteroatoms. The molecule has 2 aliphatic heterocycles. The maximum atomic E-state index is 14.7. The van der Waals surface area contributed by atoms with E-state index in [0.717, 1.165) is 5.56 Å². The Balaban J connectivity index is 1.43. The second-order valence-electron chi connectivity index (χ2n) is 27.9. The SMILES string of the molecule is CC[C@H](C)[C@@H]([C@@H](CC(=O)N1CCC[C@H]1[C@H](OC)[C@@H](C)C(=O)C[C@@H](Cc1ccccc1)C(=O)NCc1ccc(NC(=O)[C@H](CCCNC(N)=O)CC(=O)[C@@H](NC(=O)CCC(=O)N2CCC(C(=O)O)C(C)C2)C(C)C)cc1)OC)N(C)C(=O)[C@@H](CC(=O)[C@H](C(C)C)N(C)C)C(C)C. The van der Waals surface area contributed by atoms with Gasteiger partial charge in [0.1, 0.15) is 5.78 Å². The van der Waals surface area contributed by atoms with Crippen LogP contribution in [0, 0.1) is 59.2 Å². The highest BCUT2D eigenvalue weighted by atomic mass is 16.5. The summed E-state index contributed by atoms with van der Waals surface area (Å²) in [7, 11) is 8.58. The van der Waals surface area contributed by atoms with Gasteiger partial charge in [-0.25, -0.2) is 4.79 Å². The number of primary amides is 1. The Morgan fingerprint density at radius 2 is 1.36 bits per heavy atom. The van der Waals surface area contributed by atoms with E-state index in [1.165, 1.54) is 7.11 Å². The first-order chi connectivity index (χ1) is 44.8. The average Bonchev–Trinajstić information content (AvgIpc) is 1.81. The lowest BCUT2D eigenvalue weighted by Crippen LogP contribution is -2.54. The summed E-state index contributed by atoms with van der Waals surface area (Å²) in [4.78, 5) is 156. The fraction of sp³-hybridized carbons (Fsp3) is 0.681. The van der Waals surface area contributed by atoms with E-state index in [1.54, 1.807) is 80.8 Å². The number of rotatable bonds is 40. The smallest absolute Gasteiger partial charge is 0.312 e. The lowest BCUT2D eigenvalue weighted by Gasteiger charge is -2.41. The maximum absolute atomic E-state index is 14.7. The fourth-order valence-electron chi connectivity index (χ4n) is 13.9. The van der Waals surface area contributed by atoms with Gasteiger partial charge in [0.05, 0.1) is 48.7 Å². The number of ether oxygens (including phenoxy) is 2. The van der Waals surface area contributed by atoms with Gasteiger partial charge in [0, 0.05) is 115 Å². The normalized spacial score (nSPS) is 19.0. The molecule has 2 aromatic rings. The molecule has 7 N–H and O–H groups in total. The second-order valence-corrected chi connectivity index (χ2v) is 27.9. The number of anilines is 1. The van der Waals surface area contributed by atoms with Crippen LogP contribution in [0.1, 0.15) is 157 Å². The maximum Gasteiger partial charge on any atom is 0.312 e. The van der Waals surface area contributed by atoms with Gasteiger partial charge in [-0.3, -0.25) is 52.8 Å². The van der Waals surface area contributed by atoms with Crippen molar-refractivity contribution in [2.45, 2.75) is 196 Å². The van der Waals surface area contributed by atoms with Crippen LogP contribution in [-0.2, 0) is 70.4 Å². The molecule has 23 nitrogen and oxygen atoms in total. The van der Waals surface area contributed by atoms with Gasteiger partial charge < -0.3 is 56.3 Å². The van der Waals surface area contributed by atoms with Gasteiger partial charge in [0.25, 0.3) is 0 Å². The number of hydrogen-bond acceptors (Lipinski definition) is 14. The zero-order valence-corrected chi connectivity index (χ0v) is 59.3. The number of carboxylic acid groups (broad SMARTS) is 1. The molecule has 0 spiro atoms. The first kappa shape index (κ1) is 80.3. The van der Waals surface area contributed by atoms with Crippen LogP contribution in [0.4, 0.5) is 10.5 Å². The Morgan fingerprint density at radius 1 is 0.705 bits per heavy atom. The number of benzene rings is 2. The zero-order chi connectivity index (χ0) is 71.0. The molecule has 0 aromatic heterocycles. The van der Waals surface area contributed by atoms with Crippen molar-refractivity contribution in [2.75, 3.05) is 66.9 Å². The molecule has 2 aromatic carbocycles. The van der Waals surface area contributed by atoms with E-state index in [-0.39, 0.29) is 148 Å². The third kappa shape index (κ3) is 24.2. The van der Waals surface area contributed by atoms with Crippen LogP contribution >= 0.6 is 0 Å². The van der Waals surface area contributed by atoms with Crippen LogP contribution in [0.15, 0.2) is 54.6 Å². The highest BCUT2D eigenvalue weighted by molar-refractivity contribution is 5.98. The van der Waals surface area contributed by atoms with Crippen LogP contribution in [0.2, 0.25) is 0 Å². The van der Waals surface area contributed by atoms with Gasteiger partial charge in [-0.2, -0.15) is 0 Å². The molecular weight excluding hydrogens is 1210 g/mol. The van der Waals surface area contributed by atoms with E-state index in [9.17, 15) is 57.8 Å². The van der Waals surface area contributed by atoms with Crippen LogP contribution < -0.4 is 27.0 Å². The van der Waals surface area contributed by atoms with E-state index in [4.69, 9.17) is 15.2 Å². The standard InChI is InChI=1S/C72H113N9O14/c1-16-46(8)66(79(13)70(90)55(43(2)3)39-59(84)65(45(6)7)78(11)12)60(94-14)40-63(87)81-34-21-25-56(81)67(95-15)48(10)57(82)38-52(36-49-22-18-17-19-23-49)68(88)75-41-50-26-28-53(29-27-50)76-69(89)51(24-20-33-74-72(73)93)37-58(83)64(44(4)5)77-61(85)30-31-62(86)80-35-32-54(71(91)92)47(9)42-80/h17-19,22-23,26-29,43-48,51-52,54-56,60,64-67H,16,20-21,24-25,30-42H2,1-15H3,(H,75,88)(H,76,89)(H,77,85)(H,91,92)(H3,73,74,93)/t46-,47?,48-,51+,52+,54?,55-,56-,60+,64-,65-,66-,67+/m0/s1. The number of nitrogens with zero attached hydrogens (tertiary/aromatic N) is 4. The third-order valence-corrected chi connectivity index (χ3v) is 19.6. The number of carbonyl (C=O) groups is 11. The minimum absolute atomic E-state index is 0.0108. The van der Waals surface area contributed by atoms with Gasteiger partial charge in [-0.05, 0) is 105 Å². The van der Waals surface area contributed by atoms with Gasteiger partial charge >= 0.3 is 12.0 Å². The minimum atomic E-state index is -0.973. The number of hydrogen-bond donors (Lipinski definition) is 6. The van der Waals surface area contributed by atoms with E-state index >= 15 is 0 Å². The van der Waals surface area contributed by atoms with Crippen molar-refractivity contribution in [2.24, 2.45) is 64.9 Å². The Kier molecular flexibility index (Phi) is 33.1. The quantitative estimate of drug-likeness (QED) is 0.0356. The topological polar surface area (TPSA) is 314 Å². The van der Waals surface area contributed by atoms with Gasteiger partial charge in [0.2, 0.25) is 35.4 Å². The fourth-order valence-corrected chi connectivity index (χ4v) is 13.9. The number of likely N-dealkylation sites (N-methyl/N-ethyl adjacent to an activating group) is 2. The molecule has 13 atom stereocenters. The van der Waals surface area contributed by atoms with E-state index in [1.807, 2.05) is 90.9 Å². The molecule has 8 amide bonds. The molecule has 2 fully saturated rings. The monoisotopic (exact) mass is 1330 g/mol. The molecule has 2 heterocycles. The van der Waals surface area contributed by atoms with Crippen LogP contribution in [0.5, 0.6) is 0 Å². The number of urea groups is 1. The number of amides is 8. The van der Waals surface area contributed by atoms with Gasteiger partial charge in [0.15, 0.2) is 11.6 Å². The lowest BCUT2D eigenvalue weighted by atomic mass is 9.83. The van der Waals surface area contributed by atoms with Crippen LogP contribution in [0.25, 0.3) is 0 Å². The number of Topliss-reactive ketones (excluding diaryl/α,β-unsaturated/α-hetero) is 3. The molecule has 4 rings (SSSR count). The summed E-state index contributed by atoms with van der Waals surface area (Å²) in [5.41, 5.74) is 7.24. The van der Waals surface area contributed by atoms with Crippen molar-refractivity contribution in [3.8, 4) is 0 Å². The first-order valence-corrected chi connectivity index (χ1v) is 34.3. The summed E-state index contributed by atoms with van der Waals surface area (Å²) in [5.74, 6) is -7.72. The number of aliphatic carboxylic acids is 1. The summed E-state index contributed by atoms with van der Waals surface area (Å²) in [6, 6.07) is 13.2. The summed E-state index contributed by atoms with van der Waals surface area (Å²) >= 11 is 0. The average molecular weight is 1330 g/mol. The number of nitrogens with one attached hydrogen (secondary N) is 4. The van der Waals surface area contributed by atoms with Crippen molar-refractivity contribution in [1.82, 2.24) is 35.6 Å². The predicted molar refractivity (Wildman–Crippen MR) is 364 cm³/mol. The molecule has 0 radical (unpaired) electrons. The van der Waals surface area contributed by atoms with Gasteiger partial charge in [-0.1, -0.05) is 118 Å². The Hall–Kier alpha value is -7.11. The summed E-state index contributed by atoms with van der Waals surface area (Å²) < 4.78 is 12.3. The first-order valence-electron chi connectivity index (χ1n) is 34.3. The summed E-state index contributed by atoms with van der Waals surface area (Å²) in [5, 5.41) is 20.7. The molecule has 0 aliphatic carbocycles. The highest BCUT2D eigenvalue weighted by Gasteiger charge is 2.44. The molecule has 95 heavy (non-hydrogen) atoms. The summed E-state index contributed by atoms with van der Waals surface area (Å²) in [6.07, 6.45) is 1.05. The largest absolute Gasteiger partial charge is 0.481 e. The van der Waals surface area contributed by atoms with Crippen molar-refractivity contribution < 1.29 is 67.3 Å². The molecule has 530 valence electrons. The van der Waals surface area contributed by atoms with Crippen molar-refractivity contribution in [3.05, 3.63) is 65.7 Å².